The summed E-state index contributed by atoms with van der Waals surface area (Å²) in [4.78, 5) is 19.4. The first kappa shape index (κ1) is 16.7. The van der Waals surface area contributed by atoms with Crippen molar-refractivity contribution in [2.24, 2.45) is 5.10 Å². The summed E-state index contributed by atoms with van der Waals surface area (Å²) in [7, 11) is 0. The van der Waals surface area contributed by atoms with E-state index in [1.54, 1.807) is 6.21 Å². The van der Waals surface area contributed by atoms with Gasteiger partial charge in [0.15, 0.2) is 0 Å². The van der Waals surface area contributed by atoms with Crippen LogP contribution in [0.3, 0.4) is 0 Å². The zero-order chi connectivity index (χ0) is 17.5. The maximum absolute atomic E-state index is 11.9. The fourth-order valence-corrected chi connectivity index (χ4v) is 2.33. The Balaban J connectivity index is 1.52. The zero-order valence-corrected chi connectivity index (χ0v) is 14.0. The number of rotatable bonds is 7. The summed E-state index contributed by atoms with van der Waals surface area (Å²) in [5.41, 5.74) is 5.16. The van der Waals surface area contributed by atoms with E-state index in [4.69, 9.17) is 4.74 Å². The van der Waals surface area contributed by atoms with E-state index < -0.39 is 0 Å². The first-order valence-electron chi connectivity index (χ1n) is 8.23. The van der Waals surface area contributed by atoms with Gasteiger partial charge in [-0.05, 0) is 48.4 Å². The van der Waals surface area contributed by atoms with Gasteiger partial charge in [0.05, 0.1) is 30.3 Å². The molecule has 3 rings (SSSR count). The van der Waals surface area contributed by atoms with Crippen molar-refractivity contribution in [1.29, 1.82) is 0 Å². The molecule has 0 saturated carbocycles. The van der Waals surface area contributed by atoms with Gasteiger partial charge in [-0.3, -0.25) is 4.79 Å². The molecule has 0 aliphatic heterocycles. The summed E-state index contributed by atoms with van der Waals surface area (Å²) in [6.45, 7) is 2.76. The van der Waals surface area contributed by atoms with Gasteiger partial charge < -0.3 is 9.72 Å². The number of fused-ring (bicyclic) bond motifs is 1. The first-order valence-corrected chi connectivity index (χ1v) is 8.23. The molecule has 25 heavy (non-hydrogen) atoms. The number of H-pyrrole nitrogens is 1. The lowest BCUT2D eigenvalue weighted by Gasteiger charge is -2.03. The van der Waals surface area contributed by atoms with Gasteiger partial charge in [0.1, 0.15) is 11.6 Å². The minimum atomic E-state index is -0.224. The highest BCUT2D eigenvalue weighted by Crippen LogP contribution is 2.12. The molecule has 0 bridgehead atoms. The maximum atomic E-state index is 11.9. The molecule has 0 aliphatic carbocycles. The third-order valence-corrected chi connectivity index (χ3v) is 3.52. The number of nitrogens with one attached hydrogen (secondary N) is 2. The van der Waals surface area contributed by atoms with E-state index in [0.717, 1.165) is 28.8 Å². The summed E-state index contributed by atoms with van der Waals surface area (Å²) in [5, 5.41) is 3.98. The monoisotopic (exact) mass is 336 g/mol. The van der Waals surface area contributed by atoms with Gasteiger partial charge in [0.25, 0.3) is 0 Å². The van der Waals surface area contributed by atoms with E-state index in [1.165, 1.54) is 0 Å². The predicted octanol–water partition coefficient (Wildman–Crippen LogP) is 3.04. The van der Waals surface area contributed by atoms with E-state index >= 15 is 0 Å². The van der Waals surface area contributed by atoms with Crippen LogP contribution in [0.15, 0.2) is 53.6 Å². The number of carbonyl (C=O) groups is 1. The van der Waals surface area contributed by atoms with E-state index in [-0.39, 0.29) is 12.3 Å². The molecule has 0 saturated heterocycles. The van der Waals surface area contributed by atoms with Crippen molar-refractivity contribution in [3.05, 3.63) is 59.9 Å². The van der Waals surface area contributed by atoms with Crippen LogP contribution < -0.4 is 10.2 Å². The SMILES string of the molecule is CCCOc1ccc(/C=N\NC(=O)Cc2nc3ccccc3[nH]2)cc1. The number of para-hydroxylation sites is 2. The molecule has 0 fully saturated rings. The van der Waals surface area contributed by atoms with Crippen molar-refractivity contribution >= 4 is 23.2 Å². The number of ether oxygens (including phenoxy) is 1. The van der Waals surface area contributed by atoms with Crippen LogP contribution in [0.25, 0.3) is 11.0 Å². The second-order valence-corrected chi connectivity index (χ2v) is 5.59. The van der Waals surface area contributed by atoms with Crippen LogP contribution in [0, 0.1) is 0 Å². The number of aromatic amines is 1. The van der Waals surface area contributed by atoms with Gasteiger partial charge in [0, 0.05) is 0 Å². The minimum Gasteiger partial charge on any atom is -0.494 e. The van der Waals surface area contributed by atoms with Gasteiger partial charge in [-0.2, -0.15) is 5.10 Å². The molecule has 0 atom stereocenters. The van der Waals surface area contributed by atoms with Gasteiger partial charge in [-0.1, -0.05) is 19.1 Å². The number of amides is 1. The number of carbonyl (C=O) groups excluding carboxylic acids is 1. The highest BCUT2D eigenvalue weighted by molar-refractivity contribution is 5.83. The molecule has 3 aromatic rings. The number of hydrogen-bond donors (Lipinski definition) is 2. The highest BCUT2D eigenvalue weighted by Gasteiger charge is 2.07. The lowest BCUT2D eigenvalue weighted by Crippen LogP contribution is -2.20. The summed E-state index contributed by atoms with van der Waals surface area (Å²) < 4.78 is 5.52. The molecule has 0 spiro atoms. The van der Waals surface area contributed by atoms with E-state index in [9.17, 15) is 4.79 Å². The van der Waals surface area contributed by atoms with Crippen molar-refractivity contribution < 1.29 is 9.53 Å². The molecule has 1 amide bonds. The lowest BCUT2D eigenvalue weighted by molar-refractivity contribution is -0.120. The Morgan fingerprint density at radius 3 is 2.80 bits per heavy atom. The van der Waals surface area contributed by atoms with Crippen molar-refractivity contribution in [3.63, 3.8) is 0 Å². The van der Waals surface area contributed by atoms with E-state index in [2.05, 4.69) is 27.4 Å². The third kappa shape index (κ3) is 4.67. The van der Waals surface area contributed by atoms with Gasteiger partial charge >= 0.3 is 0 Å². The zero-order valence-electron chi connectivity index (χ0n) is 14.0. The van der Waals surface area contributed by atoms with E-state index in [1.807, 2.05) is 48.5 Å². The number of hydrazone groups is 1. The molecule has 0 unspecified atom stereocenters. The Bertz CT molecular complexity index is 836. The predicted molar refractivity (Wildman–Crippen MR) is 97.8 cm³/mol. The van der Waals surface area contributed by atoms with Crippen molar-refractivity contribution in [2.45, 2.75) is 19.8 Å². The molecular formula is C19H20N4O2. The smallest absolute Gasteiger partial charge is 0.247 e. The summed E-state index contributed by atoms with van der Waals surface area (Å²) in [6.07, 6.45) is 2.72. The largest absolute Gasteiger partial charge is 0.494 e. The van der Waals surface area contributed by atoms with Crippen LogP contribution in [0.1, 0.15) is 24.7 Å². The van der Waals surface area contributed by atoms with Crippen molar-refractivity contribution in [3.8, 4) is 5.75 Å². The molecule has 2 aromatic carbocycles. The third-order valence-electron chi connectivity index (χ3n) is 3.52. The Labute approximate surface area is 145 Å². The van der Waals surface area contributed by atoms with E-state index in [0.29, 0.717) is 12.4 Å². The molecular weight excluding hydrogens is 316 g/mol. The van der Waals surface area contributed by atoms with Gasteiger partial charge in [0.2, 0.25) is 5.91 Å². The molecule has 6 heteroatoms. The lowest BCUT2D eigenvalue weighted by atomic mass is 10.2. The second-order valence-electron chi connectivity index (χ2n) is 5.59. The number of aromatic nitrogens is 2. The van der Waals surface area contributed by atoms with Crippen molar-refractivity contribution in [2.75, 3.05) is 6.61 Å². The number of benzene rings is 2. The number of hydrogen-bond acceptors (Lipinski definition) is 4. The Morgan fingerprint density at radius 2 is 2.04 bits per heavy atom. The summed E-state index contributed by atoms with van der Waals surface area (Å²) in [5.74, 6) is 1.22. The fourth-order valence-electron chi connectivity index (χ4n) is 2.33. The Kier molecular flexibility index (Phi) is 5.41. The van der Waals surface area contributed by atoms with Crippen LogP contribution in [0.4, 0.5) is 0 Å². The number of nitrogens with zero attached hydrogens (tertiary/aromatic N) is 2. The molecule has 2 N–H and O–H groups in total. The van der Waals surface area contributed by atoms with Crippen molar-refractivity contribution in [1.82, 2.24) is 15.4 Å². The minimum absolute atomic E-state index is 0.149. The Morgan fingerprint density at radius 1 is 1.24 bits per heavy atom. The molecule has 128 valence electrons. The van der Waals surface area contributed by atoms with Crippen LogP contribution in [0.5, 0.6) is 5.75 Å². The fraction of sp³-hybridized carbons (Fsp3) is 0.211. The molecule has 1 heterocycles. The molecule has 0 radical (unpaired) electrons. The normalized spacial score (nSPS) is 11.1. The topological polar surface area (TPSA) is 79.4 Å². The quantitative estimate of drug-likeness (QED) is 0.514. The highest BCUT2D eigenvalue weighted by atomic mass is 16.5. The molecule has 1 aromatic heterocycles. The second kappa shape index (κ2) is 8.10. The Hall–Kier alpha value is -3.15. The van der Waals surface area contributed by atoms with Gasteiger partial charge in [-0.25, -0.2) is 10.4 Å². The average molecular weight is 336 g/mol. The number of imidazole rings is 1. The maximum Gasteiger partial charge on any atom is 0.247 e. The van der Waals surface area contributed by atoms with Gasteiger partial charge in [-0.15, -0.1) is 0 Å². The van der Waals surface area contributed by atoms with Crippen LogP contribution in [-0.2, 0) is 11.2 Å². The first-order chi connectivity index (χ1) is 12.2. The summed E-state index contributed by atoms with van der Waals surface area (Å²) in [6, 6.07) is 15.2. The summed E-state index contributed by atoms with van der Waals surface area (Å²) >= 11 is 0. The van der Waals surface area contributed by atoms with Crippen LogP contribution >= 0.6 is 0 Å². The van der Waals surface area contributed by atoms with Crippen LogP contribution in [-0.4, -0.2) is 28.7 Å². The molecule has 0 aliphatic rings. The van der Waals surface area contributed by atoms with Crippen LogP contribution in [0.2, 0.25) is 0 Å². The molecule has 6 nitrogen and oxygen atoms in total. The average Bonchev–Trinajstić information content (AvgIpc) is 3.03. The standard InChI is InChI=1S/C19H20N4O2/c1-2-11-25-15-9-7-14(8-10-15)13-20-23-19(24)12-18-21-16-5-3-4-6-17(16)22-18/h3-10,13H,2,11-12H2,1H3,(H,21,22)(H,23,24)/b20-13-.